The number of rotatable bonds is 3. The Morgan fingerprint density at radius 3 is 2.38 bits per heavy atom. The predicted molar refractivity (Wildman–Crippen MR) is 69.9 cm³/mol. The van der Waals surface area contributed by atoms with Crippen molar-refractivity contribution >= 4 is 11.6 Å². The summed E-state index contributed by atoms with van der Waals surface area (Å²) in [4.78, 5) is 0. The van der Waals surface area contributed by atoms with Gasteiger partial charge in [-0.15, -0.1) is 11.6 Å². The molecule has 1 fully saturated rings. The molecule has 88 valence electrons. The average Bonchev–Trinajstić information content (AvgIpc) is 2.33. The summed E-state index contributed by atoms with van der Waals surface area (Å²) in [6.07, 6.45) is 4.73. The van der Waals surface area contributed by atoms with Crippen molar-refractivity contribution < 1.29 is 0 Å². The maximum atomic E-state index is 6.11. The van der Waals surface area contributed by atoms with Crippen LogP contribution in [0.2, 0.25) is 0 Å². The van der Waals surface area contributed by atoms with Gasteiger partial charge >= 0.3 is 0 Å². The van der Waals surface area contributed by atoms with Crippen LogP contribution in [0.1, 0.15) is 44.2 Å². The Bertz CT molecular complexity index is 304. The highest BCUT2D eigenvalue weighted by Gasteiger charge is 2.20. The average molecular weight is 238 g/mol. The normalized spacial score (nSPS) is 27.6. The van der Waals surface area contributed by atoms with Crippen molar-refractivity contribution in [2.75, 3.05) is 0 Å². The number of nitrogens with one attached hydrogen (secondary N) is 1. The van der Waals surface area contributed by atoms with Crippen molar-refractivity contribution in [3.63, 3.8) is 0 Å². The fraction of sp³-hybridized carbons (Fsp3) is 0.571. The Kier molecular flexibility index (Phi) is 4.25. The van der Waals surface area contributed by atoms with E-state index in [-0.39, 0.29) is 0 Å². The fourth-order valence-corrected chi connectivity index (χ4v) is 2.66. The highest BCUT2D eigenvalue weighted by Crippen LogP contribution is 2.24. The minimum atomic E-state index is 0.407. The van der Waals surface area contributed by atoms with Crippen LogP contribution in [-0.4, -0.2) is 11.4 Å². The van der Waals surface area contributed by atoms with Crippen molar-refractivity contribution in [1.29, 1.82) is 0 Å². The Morgan fingerprint density at radius 1 is 1.12 bits per heavy atom. The van der Waals surface area contributed by atoms with Crippen LogP contribution in [0.4, 0.5) is 0 Å². The zero-order chi connectivity index (χ0) is 11.4. The fourth-order valence-electron chi connectivity index (χ4n) is 2.41. The molecule has 0 amide bonds. The summed E-state index contributed by atoms with van der Waals surface area (Å²) in [6.45, 7) is 2.24. The van der Waals surface area contributed by atoms with Gasteiger partial charge in [0.1, 0.15) is 0 Å². The van der Waals surface area contributed by atoms with Crippen LogP contribution in [0.15, 0.2) is 30.3 Å². The van der Waals surface area contributed by atoms with E-state index in [1.165, 1.54) is 18.4 Å². The summed E-state index contributed by atoms with van der Waals surface area (Å²) in [6, 6.07) is 11.7. The van der Waals surface area contributed by atoms with E-state index in [0.29, 0.717) is 17.5 Å². The highest BCUT2D eigenvalue weighted by atomic mass is 35.5. The number of halogens is 1. The van der Waals surface area contributed by atoms with E-state index in [1.807, 2.05) is 0 Å². The number of hydrogen-bond donors (Lipinski definition) is 1. The van der Waals surface area contributed by atoms with Crippen LogP contribution >= 0.6 is 11.6 Å². The van der Waals surface area contributed by atoms with E-state index in [0.717, 1.165) is 12.8 Å². The SMILES string of the molecule is CC(NC1CCC(Cl)CC1)c1ccccc1. The molecule has 0 saturated heterocycles. The number of hydrogen-bond acceptors (Lipinski definition) is 1. The van der Waals surface area contributed by atoms with Gasteiger partial charge in [0.05, 0.1) is 0 Å². The lowest BCUT2D eigenvalue weighted by Crippen LogP contribution is -2.35. The van der Waals surface area contributed by atoms with Gasteiger partial charge in [-0.2, -0.15) is 0 Å². The third-order valence-corrected chi connectivity index (χ3v) is 3.88. The molecule has 0 aromatic heterocycles. The molecule has 16 heavy (non-hydrogen) atoms. The van der Waals surface area contributed by atoms with Gasteiger partial charge in [0.2, 0.25) is 0 Å². The summed E-state index contributed by atoms with van der Waals surface area (Å²) in [5.74, 6) is 0. The molecule has 1 saturated carbocycles. The van der Waals surface area contributed by atoms with Gasteiger partial charge in [0.25, 0.3) is 0 Å². The minimum Gasteiger partial charge on any atom is -0.307 e. The van der Waals surface area contributed by atoms with E-state index in [1.54, 1.807) is 0 Å². The number of alkyl halides is 1. The van der Waals surface area contributed by atoms with Crippen LogP contribution in [0.3, 0.4) is 0 Å². The molecular formula is C14H20ClN. The molecule has 2 rings (SSSR count). The third-order valence-electron chi connectivity index (χ3n) is 3.44. The smallest absolute Gasteiger partial charge is 0.0337 e. The molecule has 0 heterocycles. The number of benzene rings is 1. The van der Waals surface area contributed by atoms with E-state index < -0.39 is 0 Å². The molecule has 1 aliphatic carbocycles. The molecule has 0 aliphatic heterocycles. The molecule has 0 spiro atoms. The Labute approximate surface area is 103 Å². The van der Waals surface area contributed by atoms with Gasteiger partial charge in [0.15, 0.2) is 0 Å². The lowest BCUT2D eigenvalue weighted by atomic mass is 9.94. The largest absolute Gasteiger partial charge is 0.307 e. The van der Waals surface area contributed by atoms with Crippen LogP contribution in [0.5, 0.6) is 0 Å². The van der Waals surface area contributed by atoms with Crippen molar-refractivity contribution in [3.8, 4) is 0 Å². The molecule has 1 aliphatic rings. The molecule has 1 aromatic rings. The Hall–Kier alpha value is -0.530. The zero-order valence-corrected chi connectivity index (χ0v) is 10.6. The van der Waals surface area contributed by atoms with Crippen molar-refractivity contribution in [2.24, 2.45) is 0 Å². The van der Waals surface area contributed by atoms with Crippen molar-refractivity contribution in [3.05, 3.63) is 35.9 Å². The molecule has 0 radical (unpaired) electrons. The predicted octanol–water partition coefficient (Wildman–Crippen LogP) is 3.89. The zero-order valence-electron chi connectivity index (χ0n) is 9.83. The maximum Gasteiger partial charge on any atom is 0.0337 e. The highest BCUT2D eigenvalue weighted by molar-refractivity contribution is 6.20. The first-order valence-electron chi connectivity index (χ1n) is 6.21. The monoisotopic (exact) mass is 237 g/mol. The maximum absolute atomic E-state index is 6.11. The molecule has 1 aromatic carbocycles. The first-order valence-corrected chi connectivity index (χ1v) is 6.64. The van der Waals surface area contributed by atoms with Crippen LogP contribution < -0.4 is 5.32 Å². The van der Waals surface area contributed by atoms with Gasteiger partial charge in [0, 0.05) is 17.5 Å². The van der Waals surface area contributed by atoms with Gasteiger partial charge in [-0.1, -0.05) is 30.3 Å². The van der Waals surface area contributed by atoms with E-state index in [9.17, 15) is 0 Å². The molecule has 1 unspecified atom stereocenters. The molecule has 1 N–H and O–H groups in total. The molecule has 2 heteroatoms. The topological polar surface area (TPSA) is 12.0 Å². The van der Waals surface area contributed by atoms with E-state index in [2.05, 4.69) is 42.6 Å². The van der Waals surface area contributed by atoms with Crippen LogP contribution in [-0.2, 0) is 0 Å². The van der Waals surface area contributed by atoms with Gasteiger partial charge in [-0.3, -0.25) is 0 Å². The summed E-state index contributed by atoms with van der Waals surface area (Å²) in [7, 11) is 0. The summed E-state index contributed by atoms with van der Waals surface area (Å²) in [5, 5.41) is 4.10. The Balaban J connectivity index is 1.86. The quantitative estimate of drug-likeness (QED) is 0.787. The van der Waals surface area contributed by atoms with Gasteiger partial charge in [-0.25, -0.2) is 0 Å². The molecule has 0 bridgehead atoms. The van der Waals surface area contributed by atoms with Crippen LogP contribution in [0.25, 0.3) is 0 Å². The molecule has 1 atom stereocenters. The lowest BCUT2D eigenvalue weighted by molar-refractivity contribution is 0.350. The standard InChI is InChI=1S/C14H20ClN/c1-11(12-5-3-2-4-6-12)16-14-9-7-13(15)8-10-14/h2-6,11,13-14,16H,7-10H2,1H3. The minimum absolute atomic E-state index is 0.407. The van der Waals surface area contributed by atoms with Crippen molar-refractivity contribution in [1.82, 2.24) is 5.32 Å². The molecular weight excluding hydrogens is 218 g/mol. The second-order valence-corrected chi connectivity index (χ2v) is 5.37. The lowest BCUT2D eigenvalue weighted by Gasteiger charge is -2.29. The second kappa shape index (κ2) is 5.70. The summed E-state index contributed by atoms with van der Waals surface area (Å²) in [5.41, 5.74) is 1.37. The van der Waals surface area contributed by atoms with Gasteiger partial charge < -0.3 is 5.32 Å². The van der Waals surface area contributed by atoms with Crippen LogP contribution in [0, 0.1) is 0 Å². The second-order valence-electron chi connectivity index (χ2n) is 4.75. The van der Waals surface area contributed by atoms with E-state index in [4.69, 9.17) is 11.6 Å². The first kappa shape index (κ1) is 11.9. The summed E-state index contributed by atoms with van der Waals surface area (Å²) >= 11 is 6.11. The third kappa shape index (κ3) is 3.23. The molecule has 1 nitrogen and oxygen atoms in total. The first-order chi connectivity index (χ1) is 7.75. The summed E-state index contributed by atoms with van der Waals surface area (Å²) < 4.78 is 0. The van der Waals surface area contributed by atoms with E-state index >= 15 is 0 Å². The van der Waals surface area contributed by atoms with Crippen molar-refractivity contribution in [2.45, 2.75) is 50.1 Å². The Morgan fingerprint density at radius 2 is 1.75 bits per heavy atom. The van der Waals surface area contributed by atoms with Gasteiger partial charge in [-0.05, 0) is 38.2 Å².